The first-order valence-corrected chi connectivity index (χ1v) is 8.09. The van der Waals surface area contributed by atoms with E-state index in [-0.39, 0.29) is 17.7 Å². The number of aliphatic hydroxyl groups is 1. The van der Waals surface area contributed by atoms with Crippen molar-refractivity contribution in [2.24, 2.45) is 5.73 Å². The van der Waals surface area contributed by atoms with Crippen molar-refractivity contribution < 1.29 is 13.5 Å². The van der Waals surface area contributed by atoms with Crippen molar-refractivity contribution >= 4 is 9.84 Å². The lowest BCUT2D eigenvalue weighted by Crippen LogP contribution is -2.20. The van der Waals surface area contributed by atoms with Crippen molar-refractivity contribution in [1.29, 1.82) is 0 Å². The third kappa shape index (κ3) is 2.91. The van der Waals surface area contributed by atoms with E-state index in [9.17, 15) is 13.5 Å². The van der Waals surface area contributed by atoms with E-state index in [2.05, 4.69) is 0 Å². The predicted molar refractivity (Wildman–Crippen MR) is 71.1 cm³/mol. The molecule has 0 saturated heterocycles. The van der Waals surface area contributed by atoms with Gasteiger partial charge in [0.15, 0.2) is 0 Å². The van der Waals surface area contributed by atoms with Crippen LogP contribution in [0.15, 0.2) is 24.3 Å². The molecule has 1 aliphatic carbocycles. The fourth-order valence-electron chi connectivity index (χ4n) is 2.36. The molecular formula is C13H19NO3S. The monoisotopic (exact) mass is 269 g/mol. The number of nitrogens with two attached hydrogens (primary N) is 1. The Hall–Kier alpha value is -0.910. The Morgan fingerprint density at radius 2 is 1.89 bits per heavy atom. The lowest BCUT2D eigenvalue weighted by atomic mass is 9.96. The van der Waals surface area contributed by atoms with Gasteiger partial charge in [-0.3, -0.25) is 0 Å². The summed E-state index contributed by atoms with van der Waals surface area (Å²) in [7, 11) is -2.97. The molecule has 1 saturated carbocycles. The second-order valence-corrected chi connectivity index (χ2v) is 7.36. The SMILES string of the molecule is CS(=O)(=O)CC1(c2ccc(C(O)CN)cc2)CC1. The first-order valence-electron chi connectivity index (χ1n) is 6.03. The molecule has 2 rings (SSSR count). The molecule has 0 spiro atoms. The second-order valence-electron chi connectivity index (χ2n) is 5.22. The molecule has 3 N–H and O–H groups in total. The van der Waals surface area contributed by atoms with Crippen LogP contribution < -0.4 is 5.73 Å². The van der Waals surface area contributed by atoms with Gasteiger partial charge in [-0.25, -0.2) is 8.42 Å². The Morgan fingerprint density at radius 3 is 2.28 bits per heavy atom. The standard InChI is InChI=1S/C13H19NO3S/c1-18(16,17)9-13(6-7-13)11-4-2-10(3-5-11)12(15)8-14/h2-5,12,15H,6-9,14H2,1H3. The first-order chi connectivity index (χ1) is 8.36. The van der Waals surface area contributed by atoms with Gasteiger partial charge in [0, 0.05) is 18.2 Å². The molecule has 1 fully saturated rings. The molecule has 1 unspecified atom stereocenters. The van der Waals surface area contributed by atoms with E-state index in [0.717, 1.165) is 24.0 Å². The number of hydrogen-bond acceptors (Lipinski definition) is 4. The molecule has 100 valence electrons. The maximum Gasteiger partial charge on any atom is 0.148 e. The smallest absolute Gasteiger partial charge is 0.148 e. The molecule has 0 aromatic heterocycles. The zero-order valence-corrected chi connectivity index (χ0v) is 11.3. The van der Waals surface area contributed by atoms with Gasteiger partial charge in [-0.15, -0.1) is 0 Å². The Balaban J connectivity index is 2.20. The van der Waals surface area contributed by atoms with E-state index in [1.54, 1.807) is 0 Å². The molecule has 0 radical (unpaired) electrons. The Kier molecular flexibility index (Phi) is 3.49. The summed E-state index contributed by atoms with van der Waals surface area (Å²) in [5, 5.41) is 9.60. The average molecular weight is 269 g/mol. The van der Waals surface area contributed by atoms with Crippen LogP contribution in [0, 0.1) is 0 Å². The fraction of sp³-hybridized carbons (Fsp3) is 0.538. The molecule has 5 heteroatoms. The topological polar surface area (TPSA) is 80.4 Å². The number of benzene rings is 1. The highest BCUT2D eigenvalue weighted by Gasteiger charge is 2.46. The van der Waals surface area contributed by atoms with Crippen molar-refractivity contribution in [3.05, 3.63) is 35.4 Å². The van der Waals surface area contributed by atoms with Crippen molar-refractivity contribution in [3.63, 3.8) is 0 Å². The minimum atomic E-state index is -2.97. The largest absolute Gasteiger partial charge is 0.387 e. The summed E-state index contributed by atoms with van der Waals surface area (Å²) in [5.74, 6) is 0.207. The number of hydrogen-bond donors (Lipinski definition) is 2. The highest BCUT2D eigenvalue weighted by Crippen LogP contribution is 2.49. The van der Waals surface area contributed by atoms with E-state index < -0.39 is 15.9 Å². The van der Waals surface area contributed by atoms with E-state index in [1.807, 2.05) is 24.3 Å². The third-order valence-electron chi connectivity index (χ3n) is 3.52. The number of sulfone groups is 1. The van der Waals surface area contributed by atoms with Crippen LogP contribution in [-0.4, -0.2) is 32.1 Å². The molecule has 0 heterocycles. The summed E-state index contributed by atoms with van der Waals surface area (Å²) in [6, 6.07) is 7.48. The van der Waals surface area contributed by atoms with E-state index >= 15 is 0 Å². The van der Waals surface area contributed by atoms with E-state index in [1.165, 1.54) is 6.26 Å². The van der Waals surface area contributed by atoms with Gasteiger partial charge in [-0.2, -0.15) is 0 Å². The maximum atomic E-state index is 11.4. The van der Waals surface area contributed by atoms with Gasteiger partial charge in [0.1, 0.15) is 9.84 Å². The van der Waals surface area contributed by atoms with Crippen LogP contribution in [0.4, 0.5) is 0 Å². The highest BCUT2D eigenvalue weighted by molar-refractivity contribution is 7.90. The molecule has 1 aliphatic rings. The van der Waals surface area contributed by atoms with Gasteiger partial charge < -0.3 is 10.8 Å². The lowest BCUT2D eigenvalue weighted by molar-refractivity contribution is 0.186. The zero-order valence-electron chi connectivity index (χ0n) is 10.5. The highest BCUT2D eigenvalue weighted by atomic mass is 32.2. The van der Waals surface area contributed by atoms with Crippen molar-refractivity contribution in [3.8, 4) is 0 Å². The summed E-state index contributed by atoms with van der Waals surface area (Å²) in [4.78, 5) is 0. The van der Waals surface area contributed by atoms with Crippen LogP contribution in [-0.2, 0) is 15.3 Å². The zero-order chi connectivity index (χ0) is 13.4. The van der Waals surface area contributed by atoms with Crippen LogP contribution in [0.1, 0.15) is 30.1 Å². The molecular weight excluding hydrogens is 250 g/mol. The summed E-state index contributed by atoms with van der Waals surface area (Å²) in [6.45, 7) is 0.188. The van der Waals surface area contributed by atoms with Crippen molar-refractivity contribution in [2.45, 2.75) is 24.4 Å². The summed E-state index contributed by atoms with van der Waals surface area (Å²) < 4.78 is 22.9. The molecule has 1 atom stereocenters. The van der Waals surface area contributed by atoms with Gasteiger partial charge in [0.25, 0.3) is 0 Å². The summed E-state index contributed by atoms with van der Waals surface area (Å²) in [6.07, 6.45) is 2.46. The summed E-state index contributed by atoms with van der Waals surface area (Å²) >= 11 is 0. The van der Waals surface area contributed by atoms with Crippen LogP contribution >= 0.6 is 0 Å². The van der Waals surface area contributed by atoms with Crippen LogP contribution in [0.5, 0.6) is 0 Å². The lowest BCUT2D eigenvalue weighted by Gasteiger charge is -2.16. The molecule has 18 heavy (non-hydrogen) atoms. The normalized spacial score (nSPS) is 19.5. The Morgan fingerprint density at radius 1 is 1.33 bits per heavy atom. The molecule has 1 aromatic rings. The summed E-state index contributed by atoms with van der Waals surface area (Å²) in [5.41, 5.74) is 7.02. The van der Waals surface area contributed by atoms with Crippen LogP contribution in [0.3, 0.4) is 0 Å². The van der Waals surface area contributed by atoms with Gasteiger partial charge in [-0.05, 0) is 24.0 Å². The Bertz CT molecular complexity index is 518. The minimum Gasteiger partial charge on any atom is -0.387 e. The molecule has 0 bridgehead atoms. The predicted octanol–water partition coefficient (Wildman–Crippen LogP) is 0.755. The van der Waals surface area contributed by atoms with Gasteiger partial charge in [0.2, 0.25) is 0 Å². The molecule has 0 aliphatic heterocycles. The van der Waals surface area contributed by atoms with E-state index in [0.29, 0.717) is 0 Å². The van der Waals surface area contributed by atoms with Crippen molar-refractivity contribution in [2.75, 3.05) is 18.6 Å². The second kappa shape index (κ2) is 4.64. The third-order valence-corrected chi connectivity index (χ3v) is 4.60. The minimum absolute atomic E-state index is 0.188. The number of rotatable bonds is 5. The van der Waals surface area contributed by atoms with Gasteiger partial charge in [0.05, 0.1) is 11.9 Å². The van der Waals surface area contributed by atoms with Crippen LogP contribution in [0.25, 0.3) is 0 Å². The van der Waals surface area contributed by atoms with Crippen LogP contribution in [0.2, 0.25) is 0 Å². The Labute approximate surface area is 108 Å². The molecule has 4 nitrogen and oxygen atoms in total. The number of aliphatic hydroxyl groups excluding tert-OH is 1. The van der Waals surface area contributed by atoms with Gasteiger partial charge >= 0.3 is 0 Å². The average Bonchev–Trinajstić information content (AvgIpc) is 3.07. The quantitative estimate of drug-likeness (QED) is 0.827. The van der Waals surface area contributed by atoms with E-state index in [4.69, 9.17) is 5.73 Å². The molecule has 0 amide bonds. The first kappa shape index (κ1) is 13.5. The van der Waals surface area contributed by atoms with Crippen molar-refractivity contribution in [1.82, 2.24) is 0 Å². The van der Waals surface area contributed by atoms with Gasteiger partial charge in [-0.1, -0.05) is 24.3 Å². The fourth-order valence-corrected chi connectivity index (χ4v) is 3.82. The maximum absolute atomic E-state index is 11.4. The molecule has 1 aromatic carbocycles.